The van der Waals surface area contributed by atoms with Crippen LogP contribution in [0.5, 0.6) is 0 Å². The molecule has 0 spiro atoms. The SMILES string of the molecule is O.O.O.O=CC(Cl)C=O.[NaH]. The molecule has 0 heterocycles. The molecule has 0 fully saturated rings. The zero-order chi connectivity index (χ0) is 4.99. The topological polar surface area (TPSA) is 129 Å². The summed E-state index contributed by atoms with van der Waals surface area (Å²) < 4.78 is 0. The van der Waals surface area contributed by atoms with E-state index in [1.54, 1.807) is 0 Å². The number of carbonyl (C=O) groups excluding carboxylic acids is 2. The van der Waals surface area contributed by atoms with Crippen molar-refractivity contribution in [1.29, 1.82) is 0 Å². The monoisotopic (exact) mass is 184 g/mol. The summed E-state index contributed by atoms with van der Waals surface area (Å²) in [6.07, 6.45) is 0.739. The standard InChI is InChI=1S/C3H3ClO2.Na.3H2O.H/c4-3(1-5)2-6;;;;;/h1-3H;;3*1H2;. The Hall–Kier alpha value is 0.510. The van der Waals surface area contributed by atoms with Gasteiger partial charge in [-0.1, -0.05) is 0 Å². The molecule has 0 unspecified atom stereocenters. The fourth-order valence-corrected chi connectivity index (χ4v) is 0.0321. The van der Waals surface area contributed by atoms with Crippen LogP contribution in [-0.2, 0) is 9.59 Å². The van der Waals surface area contributed by atoms with Crippen LogP contribution in [0, 0.1) is 0 Å². The summed E-state index contributed by atoms with van der Waals surface area (Å²) in [6, 6.07) is 0. The molecular formula is C3H10ClNaO5. The molecule has 0 aliphatic heterocycles. The summed E-state index contributed by atoms with van der Waals surface area (Å²) in [5, 5.41) is -0.954. The molecule has 0 aromatic heterocycles. The fraction of sp³-hybridized carbons (Fsp3) is 0.333. The molecule has 10 heavy (non-hydrogen) atoms. The molecule has 6 N–H and O–H groups in total. The number of carbonyl (C=O) groups is 2. The Morgan fingerprint density at radius 3 is 1.20 bits per heavy atom. The van der Waals surface area contributed by atoms with Gasteiger partial charge in [0.25, 0.3) is 0 Å². The van der Waals surface area contributed by atoms with Crippen LogP contribution in [0.2, 0.25) is 0 Å². The first-order valence-electron chi connectivity index (χ1n) is 1.36. The Labute approximate surface area is 85.0 Å². The zero-order valence-corrected chi connectivity index (χ0v) is 5.18. The predicted octanol–water partition coefficient (Wildman–Crippen LogP) is -3.13. The van der Waals surface area contributed by atoms with E-state index >= 15 is 0 Å². The summed E-state index contributed by atoms with van der Waals surface area (Å²) in [6.45, 7) is 0. The minimum atomic E-state index is -0.954. The fourth-order valence-electron chi connectivity index (χ4n) is 0.0321. The number of rotatable bonds is 2. The Kier molecular flexibility index (Phi) is 71.0. The number of hydrogen-bond donors (Lipinski definition) is 0. The van der Waals surface area contributed by atoms with Gasteiger partial charge in [-0.15, -0.1) is 11.6 Å². The van der Waals surface area contributed by atoms with E-state index in [1.807, 2.05) is 0 Å². The van der Waals surface area contributed by atoms with Crippen molar-refractivity contribution in [2.75, 3.05) is 0 Å². The molecule has 0 rings (SSSR count). The predicted molar refractivity (Wildman–Crippen MR) is 39.8 cm³/mol. The second-order valence-corrected chi connectivity index (χ2v) is 1.22. The quantitative estimate of drug-likeness (QED) is 0.195. The van der Waals surface area contributed by atoms with Crippen LogP contribution in [0.4, 0.5) is 0 Å². The molecule has 7 heteroatoms. The molecule has 0 saturated carbocycles. The van der Waals surface area contributed by atoms with Gasteiger partial charge in [0.1, 0.15) is 17.9 Å². The normalized spacial score (nSPS) is 5.00. The molecule has 0 atom stereocenters. The number of hydrogen-bond acceptors (Lipinski definition) is 2. The van der Waals surface area contributed by atoms with Gasteiger partial charge in [0.2, 0.25) is 0 Å². The van der Waals surface area contributed by atoms with Gasteiger partial charge >= 0.3 is 29.6 Å². The van der Waals surface area contributed by atoms with E-state index in [1.165, 1.54) is 0 Å². The Morgan fingerprint density at radius 2 is 1.20 bits per heavy atom. The number of halogens is 1. The van der Waals surface area contributed by atoms with Gasteiger partial charge in [-0.2, -0.15) is 0 Å². The third kappa shape index (κ3) is 23.6. The molecule has 60 valence electrons. The third-order valence-electron chi connectivity index (χ3n) is 0.260. The van der Waals surface area contributed by atoms with E-state index in [0.29, 0.717) is 12.6 Å². The molecule has 0 bridgehead atoms. The van der Waals surface area contributed by atoms with E-state index < -0.39 is 5.38 Å². The first-order valence-corrected chi connectivity index (χ1v) is 1.79. The van der Waals surface area contributed by atoms with Gasteiger partial charge in [-0.25, -0.2) is 0 Å². The van der Waals surface area contributed by atoms with Gasteiger partial charge < -0.3 is 26.0 Å². The second-order valence-electron chi connectivity index (χ2n) is 0.717. The Balaban J connectivity index is -0.0000000208. The van der Waals surface area contributed by atoms with Crippen LogP contribution in [0.3, 0.4) is 0 Å². The summed E-state index contributed by atoms with van der Waals surface area (Å²) in [5.74, 6) is 0. The molecule has 0 saturated heterocycles. The third-order valence-corrected chi connectivity index (χ3v) is 0.466. The van der Waals surface area contributed by atoms with E-state index in [-0.39, 0.29) is 46.0 Å². The summed E-state index contributed by atoms with van der Waals surface area (Å²) in [5.41, 5.74) is 0. The maximum atomic E-state index is 9.37. The molecule has 0 aliphatic carbocycles. The van der Waals surface area contributed by atoms with Gasteiger partial charge in [0.05, 0.1) is 0 Å². The first kappa shape index (κ1) is 31.3. The van der Waals surface area contributed by atoms with Crippen LogP contribution >= 0.6 is 11.6 Å². The summed E-state index contributed by atoms with van der Waals surface area (Å²) in [4.78, 5) is 18.7. The van der Waals surface area contributed by atoms with Gasteiger partial charge in [0, 0.05) is 0 Å². The van der Waals surface area contributed by atoms with Crippen molar-refractivity contribution < 1.29 is 26.0 Å². The minimum absolute atomic E-state index is 0. The average Bonchev–Trinajstić information content (AvgIpc) is 1.65. The molecule has 0 radical (unpaired) electrons. The van der Waals surface area contributed by atoms with E-state index in [4.69, 9.17) is 11.6 Å². The Morgan fingerprint density at radius 1 is 1.00 bits per heavy atom. The van der Waals surface area contributed by atoms with E-state index in [0.717, 1.165) is 0 Å². The van der Waals surface area contributed by atoms with Crippen molar-refractivity contribution >= 4 is 53.7 Å². The van der Waals surface area contributed by atoms with Crippen LogP contribution in [-0.4, -0.2) is 63.9 Å². The van der Waals surface area contributed by atoms with Crippen molar-refractivity contribution in [3.05, 3.63) is 0 Å². The van der Waals surface area contributed by atoms with Crippen LogP contribution in [0.15, 0.2) is 0 Å². The van der Waals surface area contributed by atoms with Crippen LogP contribution in [0.25, 0.3) is 0 Å². The second kappa shape index (κ2) is 22.7. The van der Waals surface area contributed by atoms with E-state index in [9.17, 15) is 9.59 Å². The van der Waals surface area contributed by atoms with Gasteiger partial charge in [-0.3, -0.25) is 0 Å². The molecular weight excluding hydrogens is 174 g/mol. The average molecular weight is 185 g/mol. The molecule has 0 aliphatic rings. The number of aldehydes is 2. The first-order chi connectivity index (χ1) is 2.81. The summed E-state index contributed by atoms with van der Waals surface area (Å²) >= 11 is 4.91. The van der Waals surface area contributed by atoms with Gasteiger partial charge in [0.15, 0.2) is 0 Å². The van der Waals surface area contributed by atoms with E-state index in [2.05, 4.69) is 0 Å². The van der Waals surface area contributed by atoms with Crippen LogP contribution < -0.4 is 0 Å². The van der Waals surface area contributed by atoms with Crippen molar-refractivity contribution in [3.63, 3.8) is 0 Å². The molecule has 0 amide bonds. The maximum absolute atomic E-state index is 9.37. The molecule has 0 aromatic rings. The Bertz CT molecular complexity index is 61.9. The number of alkyl halides is 1. The molecule has 5 nitrogen and oxygen atoms in total. The summed E-state index contributed by atoms with van der Waals surface area (Å²) in [7, 11) is 0. The van der Waals surface area contributed by atoms with Crippen molar-refractivity contribution in [2.24, 2.45) is 0 Å². The van der Waals surface area contributed by atoms with Crippen molar-refractivity contribution in [1.82, 2.24) is 0 Å². The van der Waals surface area contributed by atoms with Crippen molar-refractivity contribution in [2.45, 2.75) is 5.38 Å². The zero-order valence-electron chi connectivity index (χ0n) is 4.43. The van der Waals surface area contributed by atoms with Gasteiger partial charge in [-0.05, 0) is 0 Å². The molecule has 0 aromatic carbocycles. The van der Waals surface area contributed by atoms with Crippen LogP contribution in [0.1, 0.15) is 0 Å². The van der Waals surface area contributed by atoms with Crippen molar-refractivity contribution in [3.8, 4) is 0 Å².